The third-order valence-corrected chi connectivity index (χ3v) is 4.88. The Morgan fingerprint density at radius 3 is 1.38 bits per heavy atom. The Balaban J connectivity index is 3.67. The van der Waals surface area contributed by atoms with Crippen LogP contribution in [0.5, 0.6) is 0 Å². The molecular weight excluding hydrogens is 336 g/mol. The third-order valence-electron chi connectivity index (χ3n) is 4.88. The summed E-state index contributed by atoms with van der Waals surface area (Å²) >= 11 is 0. The molecule has 0 rings (SSSR count). The Labute approximate surface area is 157 Å². The molecule has 6 nitrogen and oxygen atoms in total. The predicted molar refractivity (Wildman–Crippen MR) is 101 cm³/mol. The van der Waals surface area contributed by atoms with Crippen molar-refractivity contribution in [3.63, 3.8) is 0 Å². The van der Waals surface area contributed by atoms with Crippen LogP contribution in [0.15, 0.2) is 0 Å². The van der Waals surface area contributed by atoms with Crippen LogP contribution in [0.2, 0.25) is 0 Å². The number of aliphatic carboxylic acids is 2. The molecule has 0 aliphatic heterocycles. The second kappa shape index (κ2) is 13.1. The number of hydrogen-bond donors (Lipinski definition) is 4. The minimum absolute atomic E-state index is 0.0310. The van der Waals surface area contributed by atoms with Crippen molar-refractivity contribution in [3.05, 3.63) is 0 Å². The molecule has 4 N–H and O–H groups in total. The van der Waals surface area contributed by atoms with E-state index in [-0.39, 0.29) is 18.4 Å². The molecule has 0 radical (unpaired) electrons. The zero-order valence-electron chi connectivity index (χ0n) is 16.5. The monoisotopic (exact) mass is 374 g/mol. The Morgan fingerprint density at radius 1 is 0.692 bits per heavy atom. The highest BCUT2D eigenvalue weighted by atomic mass is 16.4. The first-order valence-corrected chi connectivity index (χ1v) is 9.87. The molecule has 6 heteroatoms. The largest absolute Gasteiger partial charge is 0.481 e. The van der Waals surface area contributed by atoms with E-state index >= 15 is 0 Å². The van der Waals surface area contributed by atoms with Crippen molar-refractivity contribution in [1.82, 2.24) is 0 Å². The van der Waals surface area contributed by atoms with E-state index in [4.69, 9.17) is 10.2 Å². The van der Waals surface area contributed by atoms with E-state index in [9.17, 15) is 19.8 Å². The van der Waals surface area contributed by atoms with Crippen LogP contribution in [-0.2, 0) is 9.59 Å². The summed E-state index contributed by atoms with van der Waals surface area (Å²) in [6.45, 7) is 4.41. The van der Waals surface area contributed by atoms with E-state index in [0.717, 1.165) is 38.5 Å². The quantitative estimate of drug-likeness (QED) is 0.286. The van der Waals surface area contributed by atoms with Gasteiger partial charge in [-0.15, -0.1) is 0 Å². The van der Waals surface area contributed by atoms with E-state index in [2.05, 4.69) is 13.8 Å². The Kier molecular flexibility index (Phi) is 12.5. The van der Waals surface area contributed by atoms with Gasteiger partial charge in [-0.3, -0.25) is 9.59 Å². The second-order valence-corrected chi connectivity index (χ2v) is 8.37. The SMILES string of the molecule is CC(C)(CO)CCCCCCCCCCCC(O)(CC(=O)O)CC(=O)O. The van der Waals surface area contributed by atoms with Crippen molar-refractivity contribution in [1.29, 1.82) is 0 Å². The molecule has 0 aromatic carbocycles. The van der Waals surface area contributed by atoms with Crippen molar-refractivity contribution in [2.75, 3.05) is 6.61 Å². The zero-order chi connectivity index (χ0) is 20.1. The van der Waals surface area contributed by atoms with E-state index in [1.54, 1.807) is 0 Å². The van der Waals surface area contributed by atoms with Gasteiger partial charge in [0.05, 0.1) is 18.4 Å². The lowest BCUT2D eigenvalue weighted by Gasteiger charge is -2.24. The van der Waals surface area contributed by atoms with Gasteiger partial charge in [0.1, 0.15) is 0 Å². The number of rotatable bonds is 17. The van der Waals surface area contributed by atoms with Crippen molar-refractivity contribution in [3.8, 4) is 0 Å². The van der Waals surface area contributed by atoms with Crippen LogP contribution in [0.3, 0.4) is 0 Å². The predicted octanol–water partition coefficient (Wildman–Crippen LogP) is 3.98. The second-order valence-electron chi connectivity index (χ2n) is 8.37. The molecule has 0 saturated heterocycles. The maximum Gasteiger partial charge on any atom is 0.306 e. The average Bonchev–Trinajstić information content (AvgIpc) is 2.50. The fraction of sp³-hybridized carbons (Fsp3) is 0.900. The average molecular weight is 375 g/mol. The summed E-state index contributed by atoms with van der Waals surface area (Å²) in [7, 11) is 0. The van der Waals surface area contributed by atoms with Gasteiger partial charge in [-0.1, -0.05) is 71.6 Å². The number of aliphatic hydroxyl groups is 2. The fourth-order valence-corrected chi connectivity index (χ4v) is 3.18. The smallest absolute Gasteiger partial charge is 0.306 e. The first-order valence-electron chi connectivity index (χ1n) is 9.87. The van der Waals surface area contributed by atoms with Gasteiger partial charge in [-0.25, -0.2) is 0 Å². The first kappa shape index (κ1) is 24.9. The van der Waals surface area contributed by atoms with Crippen LogP contribution in [-0.4, -0.2) is 44.6 Å². The van der Waals surface area contributed by atoms with Crippen molar-refractivity contribution < 1.29 is 30.0 Å². The molecule has 0 heterocycles. The van der Waals surface area contributed by atoms with Gasteiger partial charge in [-0.05, 0) is 18.3 Å². The molecular formula is C20H38O6. The first-order chi connectivity index (χ1) is 12.1. The normalized spacial score (nSPS) is 12.3. The molecule has 0 unspecified atom stereocenters. The summed E-state index contributed by atoms with van der Waals surface area (Å²) in [4.78, 5) is 21.6. The number of unbranched alkanes of at least 4 members (excludes halogenated alkanes) is 8. The highest BCUT2D eigenvalue weighted by molar-refractivity contribution is 5.72. The topological polar surface area (TPSA) is 115 Å². The molecule has 26 heavy (non-hydrogen) atoms. The van der Waals surface area contributed by atoms with Crippen LogP contribution < -0.4 is 0 Å². The summed E-state index contributed by atoms with van der Waals surface area (Å²) in [6.07, 6.45) is 9.80. The molecule has 0 aromatic heterocycles. The van der Waals surface area contributed by atoms with Crippen LogP contribution >= 0.6 is 0 Å². The molecule has 0 aliphatic rings. The third kappa shape index (κ3) is 14.1. The van der Waals surface area contributed by atoms with Crippen molar-refractivity contribution >= 4 is 11.9 Å². The number of carboxylic acid groups (broad SMARTS) is 2. The van der Waals surface area contributed by atoms with Crippen LogP contribution in [0.4, 0.5) is 0 Å². The lowest BCUT2D eigenvalue weighted by Crippen LogP contribution is -2.34. The maximum absolute atomic E-state index is 10.8. The van der Waals surface area contributed by atoms with Crippen molar-refractivity contribution in [2.45, 2.75) is 103 Å². The zero-order valence-corrected chi connectivity index (χ0v) is 16.5. The molecule has 0 bridgehead atoms. The van der Waals surface area contributed by atoms with E-state index in [0.29, 0.717) is 6.42 Å². The van der Waals surface area contributed by atoms with E-state index in [1.165, 1.54) is 19.3 Å². The highest BCUT2D eigenvalue weighted by Gasteiger charge is 2.32. The van der Waals surface area contributed by atoms with Crippen LogP contribution in [0.1, 0.15) is 97.3 Å². The lowest BCUT2D eigenvalue weighted by molar-refractivity contribution is -0.149. The minimum atomic E-state index is -1.64. The number of aliphatic hydroxyl groups excluding tert-OH is 1. The van der Waals surface area contributed by atoms with Gasteiger partial charge >= 0.3 is 11.9 Å². The van der Waals surface area contributed by atoms with Gasteiger partial charge in [0.15, 0.2) is 0 Å². The van der Waals surface area contributed by atoms with Gasteiger partial charge < -0.3 is 20.4 Å². The Morgan fingerprint density at radius 2 is 1.04 bits per heavy atom. The number of carbonyl (C=O) groups is 2. The molecule has 0 amide bonds. The summed E-state index contributed by atoms with van der Waals surface area (Å²) < 4.78 is 0. The van der Waals surface area contributed by atoms with E-state index in [1.807, 2.05) is 0 Å². The van der Waals surface area contributed by atoms with Gasteiger partial charge in [0, 0.05) is 6.61 Å². The summed E-state index contributed by atoms with van der Waals surface area (Å²) in [5.41, 5.74) is -1.61. The Hall–Kier alpha value is -1.14. The van der Waals surface area contributed by atoms with Crippen LogP contribution in [0.25, 0.3) is 0 Å². The molecule has 154 valence electrons. The van der Waals surface area contributed by atoms with Gasteiger partial charge in [-0.2, -0.15) is 0 Å². The highest BCUT2D eigenvalue weighted by Crippen LogP contribution is 2.25. The lowest BCUT2D eigenvalue weighted by atomic mass is 9.88. The van der Waals surface area contributed by atoms with E-state index < -0.39 is 30.4 Å². The molecule has 0 atom stereocenters. The molecule has 0 spiro atoms. The molecule has 0 fully saturated rings. The molecule has 0 saturated carbocycles. The molecule has 0 aliphatic carbocycles. The fourth-order valence-electron chi connectivity index (χ4n) is 3.18. The number of carboxylic acids is 2. The number of hydrogen-bond acceptors (Lipinski definition) is 4. The van der Waals surface area contributed by atoms with Crippen molar-refractivity contribution in [2.24, 2.45) is 5.41 Å². The summed E-state index contributed by atoms with van der Waals surface area (Å²) in [5, 5.41) is 37.0. The van der Waals surface area contributed by atoms with Gasteiger partial charge in [0.2, 0.25) is 0 Å². The summed E-state index contributed by atoms with van der Waals surface area (Å²) in [6, 6.07) is 0. The minimum Gasteiger partial charge on any atom is -0.481 e. The van der Waals surface area contributed by atoms with Gasteiger partial charge in [0.25, 0.3) is 0 Å². The Bertz CT molecular complexity index is 389. The maximum atomic E-state index is 10.8. The summed E-state index contributed by atoms with van der Waals surface area (Å²) in [5.74, 6) is -2.34. The molecule has 0 aromatic rings. The standard InChI is InChI=1S/C20H38O6/c1-19(2,16-21)12-10-8-6-4-3-5-7-9-11-13-20(26,14-17(22)23)15-18(24)25/h21,26H,3-16H2,1-2H3,(H,22,23)(H,24,25). The van der Waals surface area contributed by atoms with Crippen LogP contribution in [0, 0.1) is 5.41 Å².